The summed E-state index contributed by atoms with van der Waals surface area (Å²) in [6.07, 6.45) is -3.72. The highest BCUT2D eigenvalue weighted by molar-refractivity contribution is 7.98. The predicted molar refractivity (Wildman–Crippen MR) is 123 cm³/mol. The third kappa shape index (κ3) is 3.91. The van der Waals surface area contributed by atoms with Gasteiger partial charge >= 0.3 is 23.6 Å². The molecule has 7 nitrogen and oxygen atoms in total. The Labute approximate surface area is 201 Å². The number of fused-ring (bicyclic) bond motifs is 3. The molecular weight excluding hydrogens is 481 g/mol. The molecule has 0 saturated carbocycles. The van der Waals surface area contributed by atoms with Gasteiger partial charge in [-0.05, 0) is 47.3 Å². The zero-order valence-electron chi connectivity index (χ0n) is 18.5. The molecule has 0 fully saturated rings. The van der Waals surface area contributed by atoms with E-state index >= 15 is 0 Å². The van der Waals surface area contributed by atoms with Gasteiger partial charge in [0.2, 0.25) is 11.1 Å². The summed E-state index contributed by atoms with van der Waals surface area (Å²) < 4.78 is 47.1. The SMILES string of the molecule is CSc1n[n+]2c(c(=O)[nH]1)-c1ccccc1N(C(C)=O)C2c1ccc(-c2cccc(C(F)(F)F)c2)o1. The zero-order chi connectivity index (χ0) is 24.9. The molecule has 3 heterocycles. The van der Waals surface area contributed by atoms with Gasteiger partial charge in [0, 0.05) is 17.6 Å². The van der Waals surface area contributed by atoms with Crippen LogP contribution in [0.5, 0.6) is 0 Å². The van der Waals surface area contributed by atoms with Gasteiger partial charge in [-0.3, -0.25) is 14.6 Å². The van der Waals surface area contributed by atoms with Gasteiger partial charge in [-0.15, -0.1) is 0 Å². The van der Waals surface area contributed by atoms with Crippen LogP contribution in [0, 0.1) is 0 Å². The lowest BCUT2D eigenvalue weighted by Crippen LogP contribution is -2.60. The Bertz CT molecular complexity index is 1510. The first-order chi connectivity index (χ1) is 16.7. The van der Waals surface area contributed by atoms with Crippen molar-refractivity contribution in [1.82, 2.24) is 10.1 Å². The number of furan rings is 1. The smallest absolute Gasteiger partial charge is 0.416 e. The number of hydrogen-bond donors (Lipinski definition) is 1. The maximum absolute atomic E-state index is 13.2. The number of aromatic amines is 1. The van der Waals surface area contributed by atoms with Crippen molar-refractivity contribution in [2.24, 2.45) is 0 Å². The monoisotopic (exact) mass is 499 g/mol. The average Bonchev–Trinajstić information content (AvgIpc) is 3.32. The fourth-order valence-corrected chi connectivity index (χ4v) is 4.52. The van der Waals surface area contributed by atoms with Crippen molar-refractivity contribution in [3.63, 3.8) is 0 Å². The number of nitrogens with zero attached hydrogens (tertiary/aromatic N) is 3. The van der Waals surface area contributed by atoms with Gasteiger partial charge in [-0.25, -0.2) is 4.90 Å². The molecule has 35 heavy (non-hydrogen) atoms. The maximum atomic E-state index is 13.2. The summed E-state index contributed by atoms with van der Waals surface area (Å²) in [7, 11) is 0. The van der Waals surface area contributed by atoms with Gasteiger partial charge in [0.1, 0.15) is 5.76 Å². The lowest BCUT2D eigenvalue weighted by atomic mass is 10.0. The largest absolute Gasteiger partial charge is 0.452 e. The minimum Gasteiger partial charge on any atom is -0.452 e. The van der Waals surface area contributed by atoms with Crippen molar-refractivity contribution >= 4 is 23.4 Å². The molecule has 1 aliphatic heterocycles. The van der Waals surface area contributed by atoms with E-state index in [0.717, 1.165) is 12.1 Å². The van der Waals surface area contributed by atoms with Gasteiger partial charge in [0.15, 0.2) is 5.76 Å². The summed E-state index contributed by atoms with van der Waals surface area (Å²) in [5.74, 6) is 0.0921. The molecule has 1 aliphatic rings. The highest BCUT2D eigenvalue weighted by Gasteiger charge is 2.46. The first-order valence-electron chi connectivity index (χ1n) is 10.5. The van der Waals surface area contributed by atoms with Crippen LogP contribution in [0.15, 0.2) is 75.0 Å². The molecule has 2 aromatic carbocycles. The Kier molecular flexibility index (Phi) is 5.51. The Hall–Kier alpha value is -3.86. The van der Waals surface area contributed by atoms with Crippen LogP contribution in [0.4, 0.5) is 18.9 Å². The van der Waals surface area contributed by atoms with Gasteiger partial charge < -0.3 is 4.42 Å². The van der Waals surface area contributed by atoms with Crippen molar-refractivity contribution in [2.45, 2.75) is 24.4 Å². The molecule has 1 atom stereocenters. The lowest BCUT2D eigenvalue weighted by molar-refractivity contribution is -0.764. The van der Waals surface area contributed by atoms with Crippen LogP contribution in [0.3, 0.4) is 0 Å². The van der Waals surface area contributed by atoms with Gasteiger partial charge in [0.25, 0.3) is 0 Å². The fourth-order valence-electron chi connectivity index (χ4n) is 4.16. The third-order valence-electron chi connectivity index (χ3n) is 5.65. The zero-order valence-corrected chi connectivity index (χ0v) is 19.3. The Balaban J connectivity index is 1.71. The number of amides is 1. The van der Waals surface area contributed by atoms with Crippen LogP contribution in [0.25, 0.3) is 22.6 Å². The number of para-hydroxylation sites is 1. The first kappa shape index (κ1) is 22.9. The minimum absolute atomic E-state index is 0.186. The number of thioether (sulfide) groups is 1. The average molecular weight is 499 g/mol. The summed E-state index contributed by atoms with van der Waals surface area (Å²) in [5.41, 5.74) is 0.275. The standard InChI is InChI=1S/C24H17F3N4O3S/c1-13(32)30-17-9-4-3-8-16(17)20-21(33)28-23(35-2)29-31(20)22(30)19-11-10-18(34-19)14-6-5-7-15(12-14)24(25,26)27/h3-12,22H,1-2H3/p+1. The van der Waals surface area contributed by atoms with Crippen molar-refractivity contribution < 1.29 is 27.1 Å². The van der Waals surface area contributed by atoms with Crippen molar-refractivity contribution in [2.75, 3.05) is 11.2 Å². The second-order valence-corrected chi connectivity index (χ2v) is 8.61. The molecule has 11 heteroatoms. The van der Waals surface area contributed by atoms with Crippen LogP contribution >= 0.6 is 11.8 Å². The molecule has 0 aliphatic carbocycles. The number of H-pyrrole nitrogens is 1. The summed E-state index contributed by atoms with van der Waals surface area (Å²) in [6, 6.07) is 14.8. The normalized spacial score (nSPS) is 15.0. The van der Waals surface area contributed by atoms with Gasteiger partial charge in [-0.2, -0.15) is 13.2 Å². The van der Waals surface area contributed by atoms with Crippen LogP contribution < -0.4 is 15.1 Å². The summed E-state index contributed by atoms with van der Waals surface area (Å²) in [6.45, 7) is 1.38. The number of rotatable bonds is 3. The molecule has 5 rings (SSSR count). The van der Waals surface area contributed by atoms with E-state index in [0.29, 0.717) is 16.4 Å². The third-order valence-corrected chi connectivity index (χ3v) is 6.22. The number of benzene rings is 2. The fraction of sp³-hybridized carbons (Fsp3) is 0.167. The van der Waals surface area contributed by atoms with Gasteiger partial charge in [-0.1, -0.05) is 36.0 Å². The maximum Gasteiger partial charge on any atom is 0.416 e. The number of hydrogen-bond acceptors (Lipinski definition) is 5. The van der Waals surface area contributed by atoms with Crippen LogP contribution in [-0.2, 0) is 11.0 Å². The molecule has 4 aromatic rings. The summed E-state index contributed by atoms with van der Waals surface area (Å²) in [4.78, 5) is 30.1. The van der Waals surface area contributed by atoms with Crippen molar-refractivity contribution in [1.29, 1.82) is 0 Å². The first-order valence-corrected chi connectivity index (χ1v) is 11.7. The van der Waals surface area contributed by atoms with Crippen LogP contribution in [-0.4, -0.2) is 22.2 Å². The number of carbonyl (C=O) groups is 1. The van der Waals surface area contributed by atoms with E-state index < -0.39 is 23.5 Å². The highest BCUT2D eigenvalue weighted by Crippen LogP contribution is 2.39. The van der Waals surface area contributed by atoms with E-state index in [4.69, 9.17) is 4.42 Å². The summed E-state index contributed by atoms with van der Waals surface area (Å²) >= 11 is 1.22. The summed E-state index contributed by atoms with van der Waals surface area (Å²) in [5, 5.41) is 4.86. The topological polar surface area (TPSA) is 83.1 Å². The molecule has 1 amide bonds. The Morgan fingerprint density at radius 2 is 1.91 bits per heavy atom. The number of aromatic nitrogens is 3. The quantitative estimate of drug-likeness (QED) is 0.328. The molecule has 0 spiro atoms. The van der Waals surface area contributed by atoms with Crippen LogP contribution in [0.2, 0.25) is 0 Å². The molecule has 178 valence electrons. The van der Waals surface area contributed by atoms with E-state index in [1.165, 1.54) is 46.5 Å². The molecular formula is C24H18F3N4O3S+. The second kappa shape index (κ2) is 8.42. The van der Waals surface area contributed by atoms with Crippen LogP contribution in [0.1, 0.15) is 24.4 Å². The molecule has 0 radical (unpaired) electrons. The van der Waals surface area contributed by atoms with E-state index in [1.807, 2.05) is 0 Å². The second-order valence-electron chi connectivity index (χ2n) is 7.82. The highest BCUT2D eigenvalue weighted by atomic mass is 32.2. The van der Waals surface area contributed by atoms with Crippen molar-refractivity contribution in [3.05, 3.63) is 82.3 Å². The van der Waals surface area contributed by atoms with E-state index in [9.17, 15) is 22.8 Å². The molecule has 1 N–H and O–H groups in total. The molecule has 2 aromatic heterocycles. The predicted octanol–water partition coefficient (Wildman–Crippen LogP) is 4.64. The van der Waals surface area contributed by atoms with Crippen molar-refractivity contribution in [3.8, 4) is 22.6 Å². The number of anilines is 1. The van der Waals surface area contributed by atoms with E-state index in [2.05, 4.69) is 10.1 Å². The lowest BCUT2D eigenvalue weighted by Gasteiger charge is -2.29. The van der Waals surface area contributed by atoms with Gasteiger partial charge in [0.05, 0.1) is 16.8 Å². The number of carbonyl (C=O) groups excluding carboxylic acids is 1. The number of nitrogens with one attached hydrogen (secondary N) is 1. The molecule has 0 bridgehead atoms. The number of alkyl halides is 3. The van der Waals surface area contributed by atoms with E-state index in [1.54, 1.807) is 36.6 Å². The molecule has 1 unspecified atom stereocenters. The Morgan fingerprint density at radius 3 is 2.63 bits per heavy atom. The number of halogens is 3. The minimum atomic E-state index is -4.50. The Morgan fingerprint density at radius 1 is 1.14 bits per heavy atom. The van der Waals surface area contributed by atoms with E-state index in [-0.39, 0.29) is 28.7 Å². The molecule has 0 saturated heterocycles.